The van der Waals surface area contributed by atoms with E-state index in [0.717, 1.165) is 65.6 Å². The Morgan fingerprint density at radius 3 is 2.67 bits per heavy atom. The van der Waals surface area contributed by atoms with Crippen molar-refractivity contribution in [2.45, 2.75) is 63.3 Å². The summed E-state index contributed by atoms with van der Waals surface area (Å²) in [6.07, 6.45) is 7.55. The van der Waals surface area contributed by atoms with Crippen molar-refractivity contribution in [3.63, 3.8) is 0 Å². The Morgan fingerprint density at radius 2 is 1.90 bits per heavy atom. The number of rotatable bonds is 9. The quantitative estimate of drug-likeness (QED) is 0.255. The zero-order valence-electron chi connectivity index (χ0n) is 24.0. The Bertz CT molecular complexity index is 1530. The van der Waals surface area contributed by atoms with Crippen molar-refractivity contribution in [2.75, 3.05) is 25.7 Å². The predicted octanol–water partition coefficient (Wildman–Crippen LogP) is 6.00. The summed E-state index contributed by atoms with van der Waals surface area (Å²) in [4.78, 5) is 11.8. The van der Waals surface area contributed by atoms with Crippen LogP contribution < -0.4 is 10.6 Å². The maximum Gasteiger partial charge on any atom is 0.165 e. The highest BCUT2D eigenvalue weighted by Gasteiger charge is 2.38. The number of halogens is 2. The van der Waals surface area contributed by atoms with Crippen molar-refractivity contribution in [1.29, 1.82) is 0 Å². The van der Waals surface area contributed by atoms with Gasteiger partial charge in [0, 0.05) is 63.5 Å². The summed E-state index contributed by atoms with van der Waals surface area (Å²) < 4.78 is 33.0. The van der Waals surface area contributed by atoms with Crippen LogP contribution in [-0.2, 0) is 20.8 Å². The van der Waals surface area contributed by atoms with E-state index in [9.17, 15) is 4.39 Å². The molecule has 2 aromatic carbocycles. The molecule has 10 heteroatoms. The number of fused-ring (bicyclic) bond motifs is 1. The second-order valence-corrected chi connectivity index (χ2v) is 11.8. The van der Waals surface area contributed by atoms with Gasteiger partial charge < -0.3 is 29.4 Å². The van der Waals surface area contributed by atoms with Crippen molar-refractivity contribution in [2.24, 2.45) is 11.7 Å². The molecule has 0 bridgehead atoms. The van der Waals surface area contributed by atoms with Gasteiger partial charge in [0.1, 0.15) is 11.6 Å². The standard InChI is InChI=1S/C32H37ClFN5O3/c1-40-31-14-22(32(41-2)42-31)18-39(25-9-7-24(35)8-10-25)30-15-26(27(33)16-36-30)21-6-11-28-29(13-21)38(19-37-28)17-20-4-3-5-23(34)12-20/h3-6,11-13,15-16,19,22,24-25,31-32H,7-10,14,17-18,35H2,1-2H3. The Morgan fingerprint density at radius 1 is 1.07 bits per heavy atom. The molecule has 4 aromatic rings. The lowest BCUT2D eigenvalue weighted by Gasteiger charge is -2.39. The van der Waals surface area contributed by atoms with Crippen molar-refractivity contribution in [3.05, 3.63) is 77.5 Å². The number of aromatic nitrogens is 3. The first-order valence-corrected chi connectivity index (χ1v) is 14.9. The lowest BCUT2D eigenvalue weighted by molar-refractivity contribution is -0.192. The normalized spacial score (nSPS) is 24.4. The number of nitrogens with two attached hydrogens (primary N) is 1. The average molecular weight is 594 g/mol. The van der Waals surface area contributed by atoms with Crippen molar-refractivity contribution < 1.29 is 18.6 Å². The molecule has 3 unspecified atom stereocenters. The second kappa shape index (κ2) is 12.7. The van der Waals surface area contributed by atoms with E-state index in [-0.39, 0.29) is 30.4 Å². The maximum atomic E-state index is 13.8. The van der Waals surface area contributed by atoms with Crippen LogP contribution in [0.3, 0.4) is 0 Å². The van der Waals surface area contributed by atoms with Gasteiger partial charge in [0.25, 0.3) is 0 Å². The van der Waals surface area contributed by atoms with Gasteiger partial charge in [-0.15, -0.1) is 0 Å². The summed E-state index contributed by atoms with van der Waals surface area (Å²) in [6.45, 7) is 1.23. The van der Waals surface area contributed by atoms with Gasteiger partial charge in [-0.1, -0.05) is 29.8 Å². The van der Waals surface area contributed by atoms with Gasteiger partial charge in [0.05, 0.1) is 22.4 Å². The van der Waals surface area contributed by atoms with Gasteiger partial charge in [-0.05, 0) is 67.1 Å². The van der Waals surface area contributed by atoms with Crippen LogP contribution in [0.25, 0.3) is 22.2 Å². The van der Waals surface area contributed by atoms with Crippen LogP contribution in [0, 0.1) is 11.7 Å². The number of methoxy groups -OCH3 is 2. The minimum Gasteiger partial charge on any atom is -0.356 e. The molecule has 0 radical (unpaired) electrons. The molecule has 6 rings (SSSR count). The molecule has 2 aromatic heterocycles. The van der Waals surface area contributed by atoms with E-state index in [1.165, 1.54) is 6.07 Å². The number of hydrogen-bond donors (Lipinski definition) is 1. The Labute approximate surface area is 250 Å². The zero-order chi connectivity index (χ0) is 29.2. The Kier molecular flexibility index (Phi) is 8.74. The van der Waals surface area contributed by atoms with Crippen LogP contribution in [-0.4, -0.2) is 60.0 Å². The van der Waals surface area contributed by atoms with E-state index in [1.54, 1.807) is 38.9 Å². The average Bonchev–Trinajstić information content (AvgIpc) is 3.60. The molecular weight excluding hydrogens is 557 g/mol. The van der Waals surface area contributed by atoms with E-state index in [1.807, 2.05) is 22.8 Å². The third-order valence-electron chi connectivity index (χ3n) is 8.58. The molecule has 1 saturated heterocycles. The SMILES string of the molecule is COC1CC(CN(c2cc(-c3ccc4ncn(Cc5cccc(F)c5)c4c3)c(Cl)cn2)C2CCC(N)CC2)C(OC)O1. The van der Waals surface area contributed by atoms with Crippen molar-refractivity contribution >= 4 is 28.5 Å². The molecular formula is C32H37ClFN5O3. The summed E-state index contributed by atoms with van der Waals surface area (Å²) >= 11 is 6.79. The fourth-order valence-corrected chi connectivity index (χ4v) is 6.53. The minimum absolute atomic E-state index is 0.116. The fourth-order valence-electron chi connectivity index (χ4n) is 6.32. The zero-order valence-corrected chi connectivity index (χ0v) is 24.7. The van der Waals surface area contributed by atoms with Crippen LogP contribution in [0.4, 0.5) is 10.2 Å². The molecule has 3 atom stereocenters. The number of anilines is 1. The molecule has 2 fully saturated rings. The van der Waals surface area contributed by atoms with E-state index in [0.29, 0.717) is 24.2 Å². The highest BCUT2D eigenvalue weighted by molar-refractivity contribution is 6.33. The number of pyridine rings is 1. The van der Waals surface area contributed by atoms with E-state index in [2.05, 4.69) is 22.0 Å². The van der Waals surface area contributed by atoms with Crippen LogP contribution in [0.5, 0.6) is 0 Å². The molecule has 2 N–H and O–H groups in total. The Hall–Kier alpha value is -3.08. The molecule has 2 aliphatic rings. The summed E-state index contributed by atoms with van der Waals surface area (Å²) in [6, 6.07) is 15.4. The van der Waals surface area contributed by atoms with Crippen LogP contribution >= 0.6 is 11.6 Å². The molecule has 222 valence electrons. The number of ether oxygens (including phenoxy) is 3. The number of hydrogen-bond acceptors (Lipinski definition) is 7. The first kappa shape index (κ1) is 29.0. The molecule has 1 aliphatic carbocycles. The number of nitrogens with zero attached hydrogens (tertiary/aromatic N) is 4. The summed E-state index contributed by atoms with van der Waals surface area (Å²) in [5, 5.41) is 0.568. The van der Waals surface area contributed by atoms with Gasteiger partial charge in [-0.25, -0.2) is 14.4 Å². The van der Waals surface area contributed by atoms with Crippen molar-refractivity contribution in [3.8, 4) is 11.1 Å². The van der Waals surface area contributed by atoms with E-state index in [4.69, 9.17) is 36.5 Å². The van der Waals surface area contributed by atoms with Gasteiger partial charge in [-0.3, -0.25) is 0 Å². The van der Waals surface area contributed by atoms with E-state index >= 15 is 0 Å². The van der Waals surface area contributed by atoms with Gasteiger partial charge in [0.15, 0.2) is 12.6 Å². The van der Waals surface area contributed by atoms with Crippen LogP contribution in [0.1, 0.15) is 37.7 Å². The molecule has 8 nitrogen and oxygen atoms in total. The van der Waals surface area contributed by atoms with Gasteiger partial charge in [-0.2, -0.15) is 0 Å². The third-order valence-corrected chi connectivity index (χ3v) is 8.88. The lowest BCUT2D eigenvalue weighted by Crippen LogP contribution is -2.45. The molecule has 42 heavy (non-hydrogen) atoms. The first-order chi connectivity index (χ1) is 20.4. The monoisotopic (exact) mass is 593 g/mol. The second-order valence-electron chi connectivity index (χ2n) is 11.4. The van der Waals surface area contributed by atoms with Crippen LogP contribution in [0.15, 0.2) is 61.1 Å². The lowest BCUT2D eigenvalue weighted by atomic mass is 9.89. The maximum absolute atomic E-state index is 13.8. The molecule has 1 saturated carbocycles. The summed E-state index contributed by atoms with van der Waals surface area (Å²) in [7, 11) is 3.33. The third kappa shape index (κ3) is 6.16. The smallest absolute Gasteiger partial charge is 0.165 e. The highest BCUT2D eigenvalue weighted by Crippen LogP contribution is 2.37. The predicted molar refractivity (Wildman–Crippen MR) is 162 cm³/mol. The highest BCUT2D eigenvalue weighted by atomic mass is 35.5. The fraction of sp³-hybridized carbons (Fsp3) is 0.438. The minimum atomic E-state index is -0.351. The van der Waals surface area contributed by atoms with E-state index < -0.39 is 0 Å². The Balaban J connectivity index is 1.33. The summed E-state index contributed by atoms with van der Waals surface area (Å²) in [5.74, 6) is 0.723. The topological polar surface area (TPSA) is 87.7 Å². The van der Waals surface area contributed by atoms with Gasteiger partial charge >= 0.3 is 0 Å². The molecule has 0 spiro atoms. The summed E-state index contributed by atoms with van der Waals surface area (Å²) in [5.41, 5.74) is 10.8. The van der Waals surface area contributed by atoms with Crippen molar-refractivity contribution in [1.82, 2.24) is 14.5 Å². The van der Waals surface area contributed by atoms with Crippen LogP contribution in [0.2, 0.25) is 5.02 Å². The number of imidazole rings is 1. The molecule has 0 amide bonds. The molecule has 3 heterocycles. The first-order valence-electron chi connectivity index (χ1n) is 14.5. The molecule has 1 aliphatic heterocycles. The number of benzene rings is 2. The van der Waals surface area contributed by atoms with Gasteiger partial charge in [0.2, 0.25) is 0 Å². The largest absolute Gasteiger partial charge is 0.356 e.